The first-order valence-electron chi connectivity index (χ1n) is 12.7. The van der Waals surface area contributed by atoms with Crippen molar-refractivity contribution < 1.29 is 0 Å². The molecule has 0 saturated carbocycles. The highest BCUT2D eigenvalue weighted by Gasteiger charge is 2.47. The van der Waals surface area contributed by atoms with Crippen molar-refractivity contribution in [1.82, 2.24) is 0 Å². The fraction of sp³-hybridized carbons (Fsp3) is 0.0556. The molecule has 0 spiro atoms. The summed E-state index contributed by atoms with van der Waals surface area (Å²) >= 11 is 3.82. The van der Waals surface area contributed by atoms with Gasteiger partial charge < -0.3 is 0 Å². The molecule has 37 heavy (non-hydrogen) atoms. The van der Waals surface area contributed by atoms with Crippen LogP contribution in [-0.4, -0.2) is 0 Å². The molecule has 0 nitrogen and oxygen atoms in total. The summed E-state index contributed by atoms with van der Waals surface area (Å²) in [5.41, 5.74) is 11.3. The highest BCUT2D eigenvalue weighted by atomic mass is 79.9. The molecular formula is C36H25Br. The normalized spacial score (nSPS) is 13.4. The van der Waals surface area contributed by atoms with Gasteiger partial charge in [-0.1, -0.05) is 131 Å². The second kappa shape index (κ2) is 8.57. The molecule has 7 rings (SSSR count). The molecule has 1 aliphatic rings. The van der Waals surface area contributed by atoms with Gasteiger partial charge in [0.05, 0.1) is 5.41 Å². The van der Waals surface area contributed by atoms with Gasteiger partial charge in [0.1, 0.15) is 0 Å². The van der Waals surface area contributed by atoms with Crippen molar-refractivity contribution in [2.75, 3.05) is 0 Å². The molecule has 0 aliphatic heterocycles. The highest BCUT2D eigenvalue weighted by Crippen LogP contribution is 2.59. The maximum absolute atomic E-state index is 3.82. The summed E-state index contributed by atoms with van der Waals surface area (Å²) in [6.07, 6.45) is 0. The molecule has 6 aromatic rings. The second-order valence-corrected chi connectivity index (χ2v) is 10.8. The number of fused-ring (bicyclic) bond motifs is 5. The van der Waals surface area contributed by atoms with Crippen molar-refractivity contribution >= 4 is 26.7 Å². The molecule has 0 aromatic heterocycles. The van der Waals surface area contributed by atoms with Crippen LogP contribution in [0, 0.1) is 6.92 Å². The van der Waals surface area contributed by atoms with E-state index >= 15 is 0 Å². The number of rotatable bonds is 3. The first-order valence-corrected chi connectivity index (χ1v) is 13.5. The van der Waals surface area contributed by atoms with Gasteiger partial charge in [-0.2, -0.15) is 0 Å². The number of halogens is 1. The minimum Gasteiger partial charge on any atom is -0.0622 e. The van der Waals surface area contributed by atoms with Crippen LogP contribution in [-0.2, 0) is 5.41 Å². The Balaban J connectivity index is 1.73. The third kappa shape index (κ3) is 3.21. The fourth-order valence-corrected chi connectivity index (χ4v) is 6.78. The van der Waals surface area contributed by atoms with Gasteiger partial charge in [-0.15, -0.1) is 0 Å². The van der Waals surface area contributed by atoms with Crippen molar-refractivity contribution in [1.29, 1.82) is 0 Å². The Kier molecular flexibility index (Phi) is 5.16. The van der Waals surface area contributed by atoms with Crippen LogP contribution in [0.1, 0.15) is 27.8 Å². The Hall–Kier alpha value is -3.94. The largest absolute Gasteiger partial charge is 0.0714 e. The zero-order chi connectivity index (χ0) is 25.0. The van der Waals surface area contributed by atoms with E-state index in [0.717, 1.165) is 4.47 Å². The molecule has 0 unspecified atom stereocenters. The third-order valence-electron chi connectivity index (χ3n) is 7.95. The van der Waals surface area contributed by atoms with Crippen molar-refractivity contribution in [2.24, 2.45) is 0 Å². The molecule has 0 saturated heterocycles. The fourth-order valence-electron chi connectivity index (χ4n) is 6.41. The lowest BCUT2D eigenvalue weighted by Gasteiger charge is -2.34. The van der Waals surface area contributed by atoms with E-state index in [1.807, 2.05) is 0 Å². The predicted octanol–water partition coefficient (Wildman–Crippen LogP) is 9.94. The molecule has 0 atom stereocenters. The van der Waals surface area contributed by atoms with E-state index in [4.69, 9.17) is 0 Å². The Labute approximate surface area is 226 Å². The van der Waals surface area contributed by atoms with E-state index in [-0.39, 0.29) is 0 Å². The summed E-state index contributed by atoms with van der Waals surface area (Å²) in [6.45, 7) is 2.21. The standard InChI is InChI=1S/C36H25Br/c1-24-12-8-9-17-28(24)32-23-34-35(30-19-11-10-18-29(30)32)31-21-20-27(37)22-33(31)36(34,25-13-4-2-5-14-25)26-15-6-3-7-16-26/h2-23H,1H3. The Morgan fingerprint density at radius 2 is 1.08 bits per heavy atom. The molecule has 176 valence electrons. The second-order valence-electron chi connectivity index (χ2n) is 9.88. The Morgan fingerprint density at radius 1 is 0.486 bits per heavy atom. The van der Waals surface area contributed by atoms with Crippen LogP contribution in [0.4, 0.5) is 0 Å². The van der Waals surface area contributed by atoms with Gasteiger partial charge in [-0.05, 0) is 86.0 Å². The molecule has 0 radical (unpaired) electrons. The summed E-state index contributed by atoms with van der Waals surface area (Å²) in [4.78, 5) is 0. The van der Waals surface area contributed by atoms with Crippen LogP contribution in [0.25, 0.3) is 33.0 Å². The summed E-state index contributed by atoms with van der Waals surface area (Å²) in [7, 11) is 0. The summed E-state index contributed by atoms with van der Waals surface area (Å²) in [5.74, 6) is 0. The van der Waals surface area contributed by atoms with Crippen LogP contribution in [0.5, 0.6) is 0 Å². The van der Waals surface area contributed by atoms with E-state index in [1.54, 1.807) is 0 Å². The predicted molar refractivity (Wildman–Crippen MR) is 159 cm³/mol. The van der Waals surface area contributed by atoms with Crippen LogP contribution in [0.15, 0.2) is 138 Å². The topological polar surface area (TPSA) is 0 Å². The summed E-state index contributed by atoms with van der Waals surface area (Å²) in [6, 6.07) is 49.0. The van der Waals surface area contributed by atoms with Crippen molar-refractivity contribution in [3.63, 3.8) is 0 Å². The minimum absolute atomic E-state index is 0.432. The van der Waals surface area contributed by atoms with Gasteiger partial charge in [0.15, 0.2) is 0 Å². The lowest BCUT2D eigenvalue weighted by atomic mass is 9.67. The lowest BCUT2D eigenvalue weighted by molar-refractivity contribution is 0.768. The van der Waals surface area contributed by atoms with Gasteiger partial charge in [0.25, 0.3) is 0 Å². The quantitative estimate of drug-likeness (QED) is 0.210. The lowest BCUT2D eigenvalue weighted by Crippen LogP contribution is -2.28. The van der Waals surface area contributed by atoms with Crippen LogP contribution in [0.2, 0.25) is 0 Å². The molecule has 0 heterocycles. The highest BCUT2D eigenvalue weighted by molar-refractivity contribution is 9.10. The van der Waals surface area contributed by atoms with Crippen molar-refractivity contribution in [2.45, 2.75) is 12.3 Å². The minimum atomic E-state index is -0.432. The molecule has 1 aliphatic carbocycles. The first kappa shape index (κ1) is 22.3. The van der Waals surface area contributed by atoms with E-state index in [9.17, 15) is 0 Å². The molecule has 6 aromatic carbocycles. The average Bonchev–Trinajstić information content (AvgIpc) is 3.24. The van der Waals surface area contributed by atoms with Gasteiger partial charge in [0, 0.05) is 4.47 Å². The van der Waals surface area contributed by atoms with E-state index in [0.29, 0.717) is 0 Å². The first-order chi connectivity index (χ1) is 18.2. The smallest absolute Gasteiger partial charge is 0.0622 e. The molecule has 1 heteroatoms. The van der Waals surface area contributed by atoms with Gasteiger partial charge >= 0.3 is 0 Å². The monoisotopic (exact) mass is 536 g/mol. The molecular weight excluding hydrogens is 512 g/mol. The molecule has 0 N–H and O–H groups in total. The molecule has 0 bridgehead atoms. The maximum atomic E-state index is 3.82. The summed E-state index contributed by atoms with van der Waals surface area (Å²) in [5, 5.41) is 2.59. The number of benzene rings is 6. The average molecular weight is 538 g/mol. The zero-order valence-electron chi connectivity index (χ0n) is 20.6. The Bertz CT molecular complexity index is 1740. The Morgan fingerprint density at radius 3 is 1.76 bits per heavy atom. The number of hydrogen-bond acceptors (Lipinski definition) is 0. The SMILES string of the molecule is Cc1ccccc1-c1cc2c(c3ccccc13)-c1ccc(Br)cc1C2(c1ccccc1)c1ccccc1. The number of aryl methyl sites for hydroxylation is 1. The van der Waals surface area contributed by atoms with Gasteiger partial charge in [-0.25, -0.2) is 0 Å². The zero-order valence-corrected chi connectivity index (χ0v) is 22.2. The summed E-state index contributed by atoms with van der Waals surface area (Å²) < 4.78 is 1.10. The number of hydrogen-bond donors (Lipinski definition) is 0. The third-order valence-corrected chi connectivity index (χ3v) is 8.45. The van der Waals surface area contributed by atoms with E-state index in [2.05, 4.69) is 156 Å². The van der Waals surface area contributed by atoms with E-state index in [1.165, 1.54) is 60.8 Å². The van der Waals surface area contributed by atoms with E-state index < -0.39 is 5.41 Å². The molecule has 0 amide bonds. The maximum Gasteiger partial charge on any atom is 0.0714 e. The van der Waals surface area contributed by atoms with Gasteiger partial charge in [-0.3, -0.25) is 0 Å². The van der Waals surface area contributed by atoms with Crippen LogP contribution < -0.4 is 0 Å². The van der Waals surface area contributed by atoms with Crippen LogP contribution in [0.3, 0.4) is 0 Å². The van der Waals surface area contributed by atoms with Crippen molar-refractivity contribution in [3.05, 3.63) is 166 Å². The molecule has 0 fully saturated rings. The van der Waals surface area contributed by atoms with Gasteiger partial charge in [0.2, 0.25) is 0 Å². The van der Waals surface area contributed by atoms with Crippen LogP contribution >= 0.6 is 15.9 Å². The van der Waals surface area contributed by atoms with Crippen molar-refractivity contribution in [3.8, 4) is 22.3 Å².